The molecule has 0 fully saturated rings. The van der Waals surface area contributed by atoms with Crippen LogP contribution in [0.5, 0.6) is 0 Å². The van der Waals surface area contributed by atoms with E-state index in [1.54, 1.807) is 0 Å². The normalized spacial score (nSPS) is 11.5. The smallest absolute Gasteiger partial charge is 0.160 e. The van der Waals surface area contributed by atoms with E-state index in [1.807, 2.05) is 42.5 Å². The van der Waals surface area contributed by atoms with Gasteiger partial charge < -0.3 is 16.0 Å². The molecular formula is C55H63N9. The Labute approximate surface area is 378 Å². The van der Waals surface area contributed by atoms with Crippen molar-refractivity contribution in [1.29, 1.82) is 0 Å². The van der Waals surface area contributed by atoms with Crippen LogP contribution in [0.1, 0.15) is 74.1 Å². The van der Waals surface area contributed by atoms with E-state index in [0.717, 1.165) is 61.5 Å². The molecule has 6 N–H and O–H groups in total. The zero-order valence-corrected chi connectivity index (χ0v) is 35.4. The summed E-state index contributed by atoms with van der Waals surface area (Å²) in [4.78, 5) is 0. The minimum atomic E-state index is 0. The Kier molecular flexibility index (Phi) is 14.6. The lowest BCUT2D eigenvalue weighted by atomic mass is 9.89. The summed E-state index contributed by atoms with van der Waals surface area (Å²) in [6.07, 6.45) is 4.96. The first kappa shape index (κ1) is 46.1. The second kappa shape index (κ2) is 20.2. The summed E-state index contributed by atoms with van der Waals surface area (Å²) < 4.78 is 0. The number of nitrogens with zero attached hydrogens (tertiary/aromatic N) is 3. The second-order valence-corrected chi connectivity index (χ2v) is 16.2. The molecule has 1 aliphatic carbocycles. The summed E-state index contributed by atoms with van der Waals surface area (Å²) in [6.45, 7) is 10.7. The molecule has 1 aliphatic rings. The van der Waals surface area contributed by atoms with Gasteiger partial charge in [-0.3, -0.25) is 15.3 Å². The van der Waals surface area contributed by atoms with Crippen LogP contribution < -0.4 is 16.0 Å². The number of H-pyrrole nitrogens is 3. The highest BCUT2D eigenvalue weighted by Crippen LogP contribution is 2.34. The predicted octanol–water partition coefficient (Wildman–Crippen LogP) is 15.4. The molecule has 9 heteroatoms. The lowest BCUT2D eigenvalue weighted by Gasteiger charge is -2.20. The number of hydrogen-bond donors (Lipinski definition) is 6. The van der Waals surface area contributed by atoms with Crippen molar-refractivity contribution in [2.45, 2.75) is 82.6 Å². The summed E-state index contributed by atoms with van der Waals surface area (Å²) in [5, 5.41) is 38.6. The van der Waals surface area contributed by atoms with Crippen molar-refractivity contribution < 1.29 is 0 Å². The maximum Gasteiger partial charge on any atom is 0.160 e. The molecule has 0 aliphatic heterocycles. The zero-order valence-electron chi connectivity index (χ0n) is 35.4. The summed E-state index contributed by atoms with van der Waals surface area (Å²) >= 11 is 0. The number of aromatic nitrogens is 6. The number of aromatic amines is 3. The molecule has 3 aromatic heterocycles. The maximum atomic E-state index is 4.43. The SMILES string of the molecule is C.C.C.Cc1cc(C)c(C)c(Nc2n[nH]c3ccccc23)c1.Cc1cc(Nc2n[nH]c3ccccc23)c2ccccc2c1.Cc1cc2c(c(Nc3n[nH]c4ccccc34)c1)CCCC2. The Bertz CT molecular complexity index is 3150. The number of benzene rings is 7. The van der Waals surface area contributed by atoms with Crippen LogP contribution in [0, 0.1) is 34.6 Å². The standard InChI is InChI=1S/C18H19N3.C18H15N3.C16H17N3.3CH4/c2*1-12-10-13-6-2-3-7-14(13)17(11-12)19-18-15-8-4-5-9-16(15)20-21-18;1-10-8-11(2)12(3)15(9-10)17-16-13-6-4-5-7-14(13)18-19-16;;;/h4-5,8-11H,2-3,6-7H2,1H3,(H2,19,20,21);2-11H,1H3,(H2,19,20,21);4-9H,1-3H3,(H2,17,18,19);3*1H4. The van der Waals surface area contributed by atoms with Crippen LogP contribution in [-0.4, -0.2) is 30.6 Å². The molecule has 0 bridgehead atoms. The van der Waals surface area contributed by atoms with E-state index >= 15 is 0 Å². The number of rotatable bonds is 6. The van der Waals surface area contributed by atoms with Gasteiger partial charge in [-0.25, -0.2) is 0 Å². The van der Waals surface area contributed by atoms with Crippen molar-refractivity contribution in [3.05, 3.63) is 172 Å². The first-order valence-corrected chi connectivity index (χ1v) is 21.1. The quantitative estimate of drug-likeness (QED) is 0.0991. The molecule has 3 heterocycles. The highest BCUT2D eigenvalue weighted by atomic mass is 15.2. The van der Waals surface area contributed by atoms with Gasteiger partial charge >= 0.3 is 0 Å². The van der Waals surface area contributed by atoms with Gasteiger partial charge in [0.2, 0.25) is 0 Å². The van der Waals surface area contributed by atoms with Crippen molar-refractivity contribution >= 4 is 78.0 Å². The first-order valence-electron chi connectivity index (χ1n) is 21.1. The van der Waals surface area contributed by atoms with Gasteiger partial charge in [0.1, 0.15) is 0 Å². The summed E-state index contributed by atoms with van der Waals surface area (Å²) in [5.41, 5.74) is 15.9. The van der Waals surface area contributed by atoms with Crippen LogP contribution in [0.25, 0.3) is 43.5 Å². The Morgan fingerprint density at radius 2 is 0.844 bits per heavy atom. The van der Waals surface area contributed by atoms with Crippen molar-refractivity contribution in [2.75, 3.05) is 16.0 Å². The minimum absolute atomic E-state index is 0. The third kappa shape index (κ3) is 9.79. The molecule has 0 atom stereocenters. The van der Waals surface area contributed by atoms with Gasteiger partial charge in [-0.2, -0.15) is 15.3 Å². The molecule has 64 heavy (non-hydrogen) atoms. The molecule has 0 amide bonds. The van der Waals surface area contributed by atoms with Crippen molar-refractivity contribution in [3.63, 3.8) is 0 Å². The Morgan fingerprint density at radius 3 is 1.42 bits per heavy atom. The van der Waals surface area contributed by atoms with Gasteiger partial charge in [-0.05, 0) is 159 Å². The average Bonchev–Trinajstić information content (AvgIpc) is 4.00. The maximum absolute atomic E-state index is 4.43. The largest absolute Gasteiger partial charge is 0.338 e. The lowest BCUT2D eigenvalue weighted by Crippen LogP contribution is -2.07. The van der Waals surface area contributed by atoms with E-state index in [0.29, 0.717) is 0 Å². The number of nitrogens with one attached hydrogen (secondary N) is 6. The molecule has 0 spiro atoms. The average molecular weight is 850 g/mol. The van der Waals surface area contributed by atoms with Gasteiger partial charge in [-0.15, -0.1) is 0 Å². The van der Waals surface area contributed by atoms with E-state index in [2.05, 4.69) is 172 Å². The van der Waals surface area contributed by atoms with Crippen LogP contribution in [-0.2, 0) is 12.8 Å². The van der Waals surface area contributed by atoms with E-state index < -0.39 is 0 Å². The topological polar surface area (TPSA) is 122 Å². The second-order valence-electron chi connectivity index (χ2n) is 16.2. The van der Waals surface area contributed by atoms with Crippen LogP contribution in [0.4, 0.5) is 34.5 Å². The number of anilines is 6. The molecule has 11 rings (SSSR count). The number of aryl methyl sites for hydroxylation is 5. The number of para-hydroxylation sites is 3. The molecule has 0 unspecified atom stereocenters. The van der Waals surface area contributed by atoms with Gasteiger partial charge in [-0.1, -0.05) is 101 Å². The van der Waals surface area contributed by atoms with Gasteiger partial charge in [0.05, 0.1) is 16.6 Å². The van der Waals surface area contributed by atoms with E-state index in [4.69, 9.17) is 0 Å². The molecule has 0 saturated carbocycles. The lowest BCUT2D eigenvalue weighted by molar-refractivity contribution is 0.686. The molecular weight excluding hydrogens is 787 g/mol. The molecule has 328 valence electrons. The van der Waals surface area contributed by atoms with Gasteiger partial charge in [0.15, 0.2) is 17.5 Å². The summed E-state index contributed by atoms with van der Waals surface area (Å²) in [5.74, 6) is 2.66. The fraction of sp³-hybridized carbons (Fsp3) is 0.218. The molecule has 7 aromatic carbocycles. The fourth-order valence-electron chi connectivity index (χ4n) is 8.43. The fourth-order valence-corrected chi connectivity index (χ4v) is 8.43. The highest BCUT2D eigenvalue weighted by molar-refractivity contribution is 5.99. The predicted molar refractivity (Wildman–Crippen MR) is 275 cm³/mol. The van der Waals surface area contributed by atoms with Crippen LogP contribution in [0.15, 0.2) is 133 Å². The highest BCUT2D eigenvalue weighted by Gasteiger charge is 2.16. The van der Waals surface area contributed by atoms with E-state index in [-0.39, 0.29) is 22.3 Å². The van der Waals surface area contributed by atoms with E-state index in [1.165, 1.54) is 81.1 Å². The molecule has 0 radical (unpaired) electrons. The first-order chi connectivity index (χ1) is 29.8. The third-order valence-corrected chi connectivity index (χ3v) is 11.6. The number of hydrogen-bond acceptors (Lipinski definition) is 6. The molecule has 0 saturated heterocycles. The Morgan fingerprint density at radius 1 is 0.422 bits per heavy atom. The zero-order chi connectivity index (χ0) is 41.9. The van der Waals surface area contributed by atoms with Crippen LogP contribution >= 0.6 is 0 Å². The Balaban J connectivity index is 0.000000156. The molecule has 9 nitrogen and oxygen atoms in total. The van der Waals surface area contributed by atoms with Crippen molar-refractivity contribution in [1.82, 2.24) is 30.6 Å². The molecule has 10 aromatic rings. The van der Waals surface area contributed by atoms with E-state index in [9.17, 15) is 0 Å². The summed E-state index contributed by atoms with van der Waals surface area (Å²) in [6, 6.07) is 46.2. The third-order valence-electron chi connectivity index (χ3n) is 11.6. The van der Waals surface area contributed by atoms with Gasteiger partial charge in [0.25, 0.3) is 0 Å². The minimum Gasteiger partial charge on any atom is -0.338 e. The van der Waals surface area contributed by atoms with Crippen molar-refractivity contribution in [2.24, 2.45) is 0 Å². The monoisotopic (exact) mass is 850 g/mol. The van der Waals surface area contributed by atoms with Crippen molar-refractivity contribution in [3.8, 4) is 0 Å². The summed E-state index contributed by atoms with van der Waals surface area (Å²) in [7, 11) is 0. The van der Waals surface area contributed by atoms with Gasteiger partial charge in [0, 0.05) is 38.6 Å². The number of fused-ring (bicyclic) bond motifs is 5. The Hall–Kier alpha value is -7.39. The van der Waals surface area contributed by atoms with Crippen LogP contribution in [0.2, 0.25) is 0 Å². The van der Waals surface area contributed by atoms with Crippen LogP contribution in [0.3, 0.4) is 0 Å².